The maximum Gasteiger partial charge on any atom is 0.336 e. The van der Waals surface area contributed by atoms with Crippen LogP contribution in [0.1, 0.15) is 50.4 Å². The molecule has 9 nitrogen and oxygen atoms in total. The molecule has 5 N–H and O–H groups in total. The molecule has 4 rings (SSSR count). The standard InChI is InChI=1S/C30H33N3O6/c1-30(2,3)32-14-6-4-5-13-31-29(38)33-18-7-10-21(24(15-18)28(36)37)27-22-11-8-19(34)16-25(22)39-26-17-20(35)9-12-23(26)27/h7-12,15-17,32,34H,4-6,13-14H2,1-3H3,(H,36,37)(H2,31,33,38). The first kappa shape index (κ1) is 27.7. The Kier molecular flexibility index (Phi) is 8.21. The third kappa shape index (κ3) is 6.94. The molecule has 2 aromatic rings. The van der Waals surface area contributed by atoms with Crippen molar-refractivity contribution < 1.29 is 24.2 Å². The monoisotopic (exact) mass is 531 g/mol. The number of carbonyl (C=O) groups is 2. The van der Waals surface area contributed by atoms with Crippen LogP contribution in [0.15, 0.2) is 63.8 Å². The predicted octanol–water partition coefficient (Wildman–Crippen LogP) is 5.65. The van der Waals surface area contributed by atoms with Crippen LogP contribution in [-0.4, -0.2) is 40.8 Å². The molecule has 0 atom stereocenters. The van der Waals surface area contributed by atoms with Crippen molar-refractivity contribution in [3.05, 3.63) is 70.4 Å². The van der Waals surface area contributed by atoms with Crippen LogP contribution in [0, 0.1) is 0 Å². The molecule has 0 saturated heterocycles. The van der Waals surface area contributed by atoms with E-state index in [9.17, 15) is 24.6 Å². The number of hydrogen-bond acceptors (Lipinski definition) is 6. The number of anilines is 1. The van der Waals surface area contributed by atoms with Crippen molar-refractivity contribution in [1.82, 2.24) is 10.6 Å². The average Bonchev–Trinajstić information content (AvgIpc) is 2.86. The molecule has 1 heterocycles. The third-order valence-corrected chi connectivity index (χ3v) is 6.25. The van der Waals surface area contributed by atoms with Gasteiger partial charge in [0.05, 0.1) is 5.56 Å². The van der Waals surface area contributed by atoms with Crippen molar-refractivity contribution in [2.45, 2.75) is 45.6 Å². The van der Waals surface area contributed by atoms with Crippen LogP contribution in [0.3, 0.4) is 0 Å². The number of benzene rings is 3. The second kappa shape index (κ2) is 11.6. The van der Waals surface area contributed by atoms with E-state index in [-0.39, 0.29) is 28.0 Å². The van der Waals surface area contributed by atoms with E-state index in [2.05, 4.69) is 36.7 Å². The second-order valence-electron chi connectivity index (χ2n) is 10.5. The molecular weight excluding hydrogens is 498 g/mol. The molecule has 204 valence electrons. The Bertz CT molecular complexity index is 1540. The number of amides is 2. The van der Waals surface area contributed by atoms with Gasteiger partial charge in [0.1, 0.15) is 17.1 Å². The molecular formula is C30H33N3O6. The molecule has 0 spiro atoms. The van der Waals surface area contributed by atoms with Gasteiger partial charge in [-0.15, -0.1) is 0 Å². The van der Waals surface area contributed by atoms with E-state index in [1.54, 1.807) is 24.3 Å². The Morgan fingerprint density at radius 1 is 0.897 bits per heavy atom. The minimum Gasteiger partial charge on any atom is -0.508 e. The number of fused-ring (bicyclic) bond motifs is 2. The first-order valence-corrected chi connectivity index (χ1v) is 12.9. The lowest BCUT2D eigenvalue weighted by molar-refractivity contribution is 0.0697. The van der Waals surface area contributed by atoms with Gasteiger partial charge in [0, 0.05) is 46.4 Å². The largest absolute Gasteiger partial charge is 0.508 e. The highest BCUT2D eigenvalue weighted by Crippen LogP contribution is 2.42. The topological polar surface area (TPSA) is 141 Å². The number of rotatable bonds is 9. The number of nitrogens with one attached hydrogen (secondary N) is 3. The maximum absolute atomic E-state index is 12.4. The summed E-state index contributed by atoms with van der Waals surface area (Å²) in [6, 6.07) is 13.1. The van der Waals surface area contributed by atoms with Gasteiger partial charge < -0.3 is 30.6 Å². The molecule has 1 aliphatic heterocycles. The van der Waals surface area contributed by atoms with Crippen molar-refractivity contribution in [1.29, 1.82) is 0 Å². The van der Waals surface area contributed by atoms with Gasteiger partial charge in [-0.1, -0.05) is 12.5 Å². The number of urea groups is 1. The summed E-state index contributed by atoms with van der Waals surface area (Å²) in [6.07, 6.45) is 2.81. The molecule has 0 saturated carbocycles. The maximum atomic E-state index is 12.4. The minimum absolute atomic E-state index is 0.0274. The number of aromatic hydroxyl groups is 1. The SMILES string of the molecule is CC(C)(C)NCCCCCNC(=O)Nc1ccc(-c2c3ccc(=O)cc-3oc3cc(O)ccc23)c(C(=O)O)c1. The fraction of sp³-hybridized carbons (Fsp3) is 0.300. The second-order valence-corrected chi connectivity index (χ2v) is 10.5. The summed E-state index contributed by atoms with van der Waals surface area (Å²) in [5, 5.41) is 29.5. The summed E-state index contributed by atoms with van der Waals surface area (Å²) < 4.78 is 5.85. The Morgan fingerprint density at radius 2 is 1.64 bits per heavy atom. The highest BCUT2D eigenvalue weighted by Gasteiger charge is 2.22. The van der Waals surface area contributed by atoms with Crippen LogP contribution in [0.5, 0.6) is 5.75 Å². The van der Waals surface area contributed by atoms with Gasteiger partial charge in [-0.05, 0) is 82.1 Å². The molecule has 0 aromatic heterocycles. The lowest BCUT2D eigenvalue weighted by Gasteiger charge is -2.20. The summed E-state index contributed by atoms with van der Waals surface area (Å²) in [5.41, 5.74) is 1.89. The summed E-state index contributed by atoms with van der Waals surface area (Å²) in [6.45, 7) is 7.79. The Labute approximate surface area is 226 Å². The summed E-state index contributed by atoms with van der Waals surface area (Å²) in [4.78, 5) is 36.7. The van der Waals surface area contributed by atoms with Gasteiger partial charge in [-0.25, -0.2) is 9.59 Å². The summed E-state index contributed by atoms with van der Waals surface area (Å²) >= 11 is 0. The smallest absolute Gasteiger partial charge is 0.336 e. The van der Waals surface area contributed by atoms with E-state index in [0.717, 1.165) is 25.8 Å². The summed E-state index contributed by atoms with van der Waals surface area (Å²) in [5.74, 6) is -0.942. The molecule has 0 unspecified atom stereocenters. The van der Waals surface area contributed by atoms with Crippen molar-refractivity contribution in [2.24, 2.45) is 0 Å². The van der Waals surface area contributed by atoms with Crippen molar-refractivity contribution in [3.8, 4) is 28.2 Å². The fourth-order valence-corrected chi connectivity index (χ4v) is 4.43. The van der Waals surface area contributed by atoms with Gasteiger partial charge >= 0.3 is 12.0 Å². The molecule has 2 amide bonds. The van der Waals surface area contributed by atoms with Gasteiger partial charge in [-0.2, -0.15) is 0 Å². The highest BCUT2D eigenvalue weighted by molar-refractivity contribution is 6.08. The Balaban J connectivity index is 1.54. The number of carbonyl (C=O) groups excluding carboxylic acids is 1. The molecule has 9 heteroatoms. The third-order valence-electron chi connectivity index (χ3n) is 6.25. The van der Waals surface area contributed by atoms with Crippen LogP contribution in [0.2, 0.25) is 0 Å². The quantitative estimate of drug-likeness (QED) is 0.139. The van der Waals surface area contributed by atoms with Crippen LogP contribution >= 0.6 is 0 Å². The van der Waals surface area contributed by atoms with Crippen molar-refractivity contribution >= 4 is 28.7 Å². The number of phenols is 1. The molecule has 2 aromatic carbocycles. The van der Waals surface area contributed by atoms with Crippen LogP contribution in [0.25, 0.3) is 33.4 Å². The predicted molar refractivity (Wildman–Crippen MR) is 152 cm³/mol. The number of phenolic OH excluding ortho intramolecular Hbond substituents is 1. The van der Waals surface area contributed by atoms with Crippen LogP contribution < -0.4 is 21.4 Å². The normalized spacial score (nSPS) is 11.6. The van der Waals surface area contributed by atoms with Crippen molar-refractivity contribution in [2.75, 3.05) is 18.4 Å². The number of carboxylic acid groups (broad SMARTS) is 1. The molecule has 0 radical (unpaired) electrons. The first-order valence-electron chi connectivity index (χ1n) is 12.9. The van der Waals surface area contributed by atoms with E-state index in [0.29, 0.717) is 39.9 Å². The van der Waals surface area contributed by atoms with Gasteiger partial charge in [-0.3, -0.25) is 4.79 Å². The molecule has 39 heavy (non-hydrogen) atoms. The number of hydrogen-bond donors (Lipinski definition) is 5. The zero-order valence-electron chi connectivity index (χ0n) is 22.3. The van der Waals surface area contributed by atoms with E-state index in [4.69, 9.17) is 4.42 Å². The Morgan fingerprint density at radius 3 is 2.38 bits per heavy atom. The number of carboxylic acids is 1. The van der Waals surface area contributed by atoms with E-state index < -0.39 is 12.0 Å². The molecule has 0 fully saturated rings. The minimum atomic E-state index is -1.18. The van der Waals surface area contributed by atoms with E-state index in [1.807, 2.05) is 0 Å². The van der Waals surface area contributed by atoms with Crippen LogP contribution in [-0.2, 0) is 0 Å². The highest BCUT2D eigenvalue weighted by atomic mass is 16.4. The van der Waals surface area contributed by atoms with Gasteiger partial charge in [0.15, 0.2) is 5.43 Å². The van der Waals surface area contributed by atoms with E-state index in [1.165, 1.54) is 30.3 Å². The lowest BCUT2D eigenvalue weighted by atomic mass is 9.90. The van der Waals surface area contributed by atoms with Crippen molar-refractivity contribution in [3.63, 3.8) is 0 Å². The van der Waals surface area contributed by atoms with Gasteiger partial charge in [0.25, 0.3) is 0 Å². The van der Waals surface area contributed by atoms with Gasteiger partial charge in [0.2, 0.25) is 0 Å². The summed E-state index contributed by atoms with van der Waals surface area (Å²) in [7, 11) is 0. The zero-order chi connectivity index (χ0) is 28.2. The molecule has 2 aliphatic rings. The average molecular weight is 532 g/mol. The lowest BCUT2D eigenvalue weighted by Crippen LogP contribution is -2.36. The Hall–Kier alpha value is -4.37. The fourth-order valence-electron chi connectivity index (χ4n) is 4.43. The molecule has 0 bridgehead atoms. The van der Waals surface area contributed by atoms with E-state index >= 15 is 0 Å². The van der Waals surface area contributed by atoms with Crippen LogP contribution in [0.4, 0.5) is 10.5 Å². The molecule has 1 aliphatic carbocycles. The number of unbranched alkanes of at least 4 members (excludes halogenated alkanes) is 2. The first-order chi connectivity index (χ1) is 18.5. The number of aromatic carboxylic acids is 1. The zero-order valence-corrected chi connectivity index (χ0v) is 22.3.